The second-order valence-electron chi connectivity index (χ2n) is 9.49. The third-order valence-corrected chi connectivity index (χ3v) is 7.43. The third kappa shape index (κ3) is 4.36. The smallest absolute Gasteiger partial charge is 0.148 e. The van der Waals surface area contributed by atoms with Crippen molar-refractivity contribution in [3.63, 3.8) is 0 Å². The van der Waals surface area contributed by atoms with Gasteiger partial charge in [-0.3, -0.25) is 9.88 Å². The Labute approximate surface area is 203 Å². The van der Waals surface area contributed by atoms with E-state index in [4.69, 9.17) is 11.6 Å². The molecule has 2 fully saturated rings. The highest BCUT2D eigenvalue weighted by Gasteiger charge is 2.40. The molecule has 0 radical (unpaired) electrons. The SMILES string of the molecule is Fc1ccc(Cl)c(-c2ccc(N[C@@H]3C[C@@H]4CN(Cc5cnc6ccccc6c5)C[C@@H]4C3)nn2)c1. The van der Waals surface area contributed by atoms with Crippen LogP contribution in [-0.2, 0) is 6.54 Å². The maximum absolute atomic E-state index is 13.6. The van der Waals surface area contributed by atoms with Gasteiger partial charge in [-0.25, -0.2) is 4.39 Å². The standard InChI is InChI=1S/C27H25ClFN5/c28-24-6-5-21(29)12-23(24)26-7-8-27(33-32-26)31-22-10-19-15-34(16-20(19)11-22)14-17-9-18-3-1-2-4-25(18)30-13-17/h1-9,12-13,19-20,22H,10-11,14-16H2,(H,31,33)/t19-,20+,22-. The molecule has 4 aromatic rings. The number of nitrogens with zero attached hydrogens (tertiary/aromatic N) is 4. The van der Waals surface area contributed by atoms with Crippen molar-refractivity contribution in [2.24, 2.45) is 11.8 Å². The maximum atomic E-state index is 13.6. The Hall–Kier alpha value is -3.09. The van der Waals surface area contributed by atoms with Gasteiger partial charge in [0.05, 0.1) is 16.2 Å². The summed E-state index contributed by atoms with van der Waals surface area (Å²) < 4.78 is 13.6. The highest BCUT2D eigenvalue weighted by molar-refractivity contribution is 6.33. The van der Waals surface area contributed by atoms with Gasteiger partial charge >= 0.3 is 0 Å². The van der Waals surface area contributed by atoms with Gasteiger partial charge in [-0.05, 0) is 72.7 Å². The number of aromatic nitrogens is 3. The highest BCUT2D eigenvalue weighted by atomic mass is 35.5. The van der Waals surface area contributed by atoms with Crippen molar-refractivity contribution < 1.29 is 4.39 Å². The number of hydrogen-bond donors (Lipinski definition) is 1. The van der Waals surface area contributed by atoms with E-state index in [0.717, 1.165) is 43.8 Å². The molecular weight excluding hydrogens is 449 g/mol. The van der Waals surface area contributed by atoms with Crippen molar-refractivity contribution in [3.8, 4) is 11.3 Å². The predicted octanol–water partition coefficient (Wildman–Crippen LogP) is 5.81. The van der Waals surface area contributed by atoms with Gasteiger partial charge in [-0.1, -0.05) is 29.8 Å². The van der Waals surface area contributed by atoms with Gasteiger partial charge in [0.15, 0.2) is 0 Å². The van der Waals surface area contributed by atoms with E-state index in [0.29, 0.717) is 34.2 Å². The summed E-state index contributed by atoms with van der Waals surface area (Å²) in [6, 6.07) is 18.9. The summed E-state index contributed by atoms with van der Waals surface area (Å²) in [5.41, 5.74) is 3.45. The monoisotopic (exact) mass is 473 g/mol. The predicted molar refractivity (Wildman–Crippen MR) is 133 cm³/mol. The van der Waals surface area contributed by atoms with Crippen molar-refractivity contribution in [1.29, 1.82) is 0 Å². The van der Waals surface area contributed by atoms with E-state index in [-0.39, 0.29) is 5.82 Å². The van der Waals surface area contributed by atoms with Gasteiger partial charge < -0.3 is 5.32 Å². The van der Waals surface area contributed by atoms with Crippen molar-refractivity contribution >= 4 is 28.3 Å². The number of hydrogen-bond acceptors (Lipinski definition) is 5. The zero-order valence-electron chi connectivity index (χ0n) is 18.7. The average molecular weight is 474 g/mol. The van der Waals surface area contributed by atoms with Crippen LogP contribution in [0.25, 0.3) is 22.2 Å². The summed E-state index contributed by atoms with van der Waals surface area (Å²) in [7, 11) is 0. The van der Waals surface area contributed by atoms with Crippen LogP contribution >= 0.6 is 11.6 Å². The quantitative estimate of drug-likeness (QED) is 0.396. The molecule has 1 aliphatic carbocycles. The summed E-state index contributed by atoms with van der Waals surface area (Å²) in [4.78, 5) is 7.18. The molecule has 1 saturated heterocycles. The number of fused-ring (bicyclic) bond motifs is 2. The number of likely N-dealkylation sites (tertiary alicyclic amines) is 1. The summed E-state index contributed by atoms with van der Waals surface area (Å²) in [6.07, 6.45) is 4.28. The van der Waals surface area contributed by atoms with Gasteiger partial charge in [0.25, 0.3) is 0 Å². The van der Waals surface area contributed by atoms with Gasteiger partial charge in [-0.2, -0.15) is 0 Å². The number of halogens is 2. The Kier molecular flexibility index (Phi) is 5.63. The van der Waals surface area contributed by atoms with Crippen LogP contribution in [0.1, 0.15) is 18.4 Å². The lowest BCUT2D eigenvalue weighted by atomic mass is 10.0. The van der Waals surface area contributed by atoms with E-state index in [1.807, 2.05) is 24.4 Å². The van der Waals surface area contributed by atoms with Gasteiger partial charge in [0, 0.05) is 42.8 Å². The van der Waals surface area contributed by atoms with E-state index in [9.17, 15) is 4.39 Å². The first kappa shape index (κ1) is 21.4. The average Bonchev–Trinajstić information content (AvgIpc) is 3.39. The largest absolute Gasteiger partial charge is 0.366 e. The van der Waals surface area contributed by atoms with E-state index in [2.05, 4.69) is 49.7 Å². The Morgan fingerprint density at radius 2 is 1.79 bits per heavy atom. The molecule has 2 aromatic carbocycles. The van der Waals surface area contributed by atoms with E-state index in [1.165, 1.54) is 29.1 Å². The number of anilines is 1. The number of rotatable bonds is 5. The molecule has 0 spiro atoms. The first-order valence-electron chi connectivity index (χ1n) is 11.7. The van der Waals surface area contributed by atoms with Crippen LogP contribution in [0.3, 0.4) is 0 Å². The summed E-state index contributed by atoms with van der Waals surface area (Å²) in [6.45, 7) is 3.20. The molecule has 3 atom stereocenters. The molecule has 2 aromatic heterocycles. The molecule has 3 heterocycles. The molecule has 5 nitrogen and oxygen atoms in total. The maximum Gasteiger partial charge on any atom is 0.148 e. The Bertz CT molecular complexity index is 1310. The molecule has 0 amide bonds. The Morgan fingerprint density at radius 1 is 0.971 bits per heavy atom. The van der Waals surface area contributed by atoms with Crippen molar-refractivity contribution in [1.82, 2.24) is 20.1 Å². The molecule has 172 valence electrons. The van der Waals surface area contributed by atoms with Crippen LogP contribution in [0.15, 0.2) is 66.9 Å². The Balaban J connectivity index is 1.05. The molecule has 1 N–H and O–H groups in total. The first-order valence-corrected chi connectivity index (χ1v) is 12.1. The van der Waals surface area contributed by atoms with E-state index < -0.39 is 0 Å². The molecule has 2 aliphatic rings. The second kappa shape index (κ2) is 8.93. The number of nitrogens with one attached hydrogen (secondary N) is 1. The minimum atomic E-state index is -0.341. The van der Waals surface area contributed by atoms with Crippen LogP contribution < -0.4 is 5.32 Å². The highest BCUT2D eigenvalue weighted by Crippen LogP contribution is 2.39. The van der Waals surface area contributed by atoms with Crippen molar-refractivity contribution in [3.05, 3.63) is 83.3 Å². The number of benzene rings is 2. The molecule has 6 rings (SSSR count). The van der Waals surface area contributed by atoms with Crippen LogP contribution in [-0.4, -0.2) is 39.2 Å². The van der Waals surface area contributed by atoms with Crippen LogP contribution in [0.5, 0.6) is 0 Å². The van der Waals surface area contributed by atoms with Crippen LogP contribution in [0, 0.1) is 17.7 Å². The fraction of sp³-hybridized carbons (Fsp3) is 0.296. The molecular formula is C27H25ClFN5. The minimum Gasteiger partial charge on any atom is -0.366 e. The summed E-state index contributed by atoms with van der Waals surface area (Å²) >= 11 is 6.19. The second-order valence-corrected chi connectivity index (χ2v) is 9.90. The molecule has 34 heavy (non-hydrogen) atoms. The lowest BCUT2D eigenvalue weighted by Crippen LogP contribution is -2.25. The zero-order valence-corrected chi connectivity index (χ0v) is 19.4. The van der Waals surface area contributed by atoms with Gasteiger partial charge in [0.2, 0.25) is 0 Å². The summed E-state index contributed by atoms with van der Waals surface area (Å²) in [5, 5.41) is 13.8. The fourth-order valence-corrected chi connectivity index (χ4v) is 5.78. The molecule has 1 aliphatic heterocycles. The summed E-state index contributed by atoms with van der Waals surface area (Å²) in [5.74, 6) is 1.81. The topological polar surface area (TPSA) is 53.9 Å². The molecule has 0 unspecified atom stereocenters. The zero-order chi connectivity index (χ0) is 23.1. The lowest BCUT2D eigenvalue weighted by molar-refractivity contribution is 0.301. The molecule has 1 saturated carbocycles. The fourth-order valence-electron chi connectivity index (χ4n) is 5.56. The lowest BCUT2D eigenvalue weighted by Gasteiger charge is -2.20. The number of para-hydroxylation sites is 1. The van der Waals surface area contributed by atoms with Crippen molar-refractivity contribution in [2.45, 2.75) is 25.4 Å². The van der Waals surface area contributed by atoms with E-state index >= 15 is 0 Å². The molecule has 0 bridgehead atoms. The Morgan fingerprint density at radius 3 is 2.59 bits per heavy atom. The number of pyridine rings is 1. The van der Waals surface area contributed by atoms with Crippen LogP contribution in [0.4, 0.5) is 10.2 Å². The normalized spacial score (nSPS) is 22.2. The third-order valence-electron chi connectivity index (χ3n) is 7.10. The van der Waals surface area contributed by atoms with Crippen molar-refractivity contribution in [2.75, 3.05) is 18.4 Å². The van der Waals surface area contributed by atoms with Crippen LogP contribution in [0.2, 0.25) is 5.02 Å². The minimum absolute atomic E-state index is 0.341. The van der Waals surface area contributed by atoms with Gasteiger partial charge in [0.1, 0.15) is 11.6 Å². The van der Waals surface area contributed by atoms with E-state index in [1.54, 1.807) is 0 Å². The molecule has 7 heteroatoms. The first-order chi connectivity index (χ1) is 16.6. The van der Waals surface area contributed by atoms with Gasteiger partial charge in [-0.15, -0.1) is 10.2 Å².